The van der Waals surface area contributed by atoms with Gasteiger partial charge < -0.3 is 14.4 Å². The van der Waals surface area contributed by atoms with E-state index in [0.717, 1.165) is 11.1 Å². The molecule has 0 saturated heterocycles. The first-order valence-corrected chi connectivity index (χ1v) is 5.05. The van der Waals surface area contributed by atoms with Crippen molar-refractivity contribution in [2.45, 2.75) is 13.8 Å². The fraction of sp³-hybridized carbons (Fsp3) is 0.250. The summed E-state index contributed by atoms with van der Waals surface area (Å²) < 4.78 is 10.6. The summed E-state index contributed by atoms with van der Waals surface area (Å²) in [5.74, 6) is 0. The van der Waals surface area contributed by atoms with Crippen LogP contribution in [-0.4, -0.2) is 37.7 Å². The number of aryl methyl sites for hydroxylation is 2. The maximum Gasteiger partial charge on any atom is 2.00 e. The van der Waals surface area contributed by atoms with Crippen LogP contribution in [0.15, 0.2) is 18.2 Å². The van der Waals surface area contributed by atoms with Crippen LogP contribution >= 0.6 is 7.60 Å². The van der Waals surface area contributed by atoms with Crippen LogP contribution in [0.2, 0.25) is 0 Å². The molecule has 1 aromatic rings. The van der Waals surface area contributed by atoms with E-state index in [2.05, 4.69) is 0 Å². The predicted octanol–water partition coefficient (Wildman–Crippen LogP) is -0.538. The minimum atomic E-state index is -4.56. The molecule has 0 heterocycles. The van der Waals surface area contributed by atoms with Gasteiger partial charge in [0.1, 0.15) is 0 Å². The SMILES string of the molecule is Cc1ccc(P(=O)([O-])[O-])cc1C.[Ca+2]. The van der Waals surface area contributed by atoms with Crippen molar-refractivity contribution in [2.24, 2.45) is 0 Å². The number of rotatable bonds is 1. The van der Waals surface area contributed by atoms with Gasteiger partial charge in [0.25, 0.3) is 0 Å². The van der Waals surface area contributed by atoms with Crippen molar-refractivity contribution in [3.63, 3.8) is 0 Å². The van der Waals surface area contributed by atoms with Gasteiger partial charge >= 0.3 is 37.7 Å². The quantitative estimate of drug-likeness (QED) is 0.475. The third-order valence-electron chi connectivity index (χ3n) is 1.81. The summed E-state index contributed by atoms with van der Waals surface area (Å²) in [5.41, 5.74) is 1.80. The van der Waals surface area contributed by atoms with E-state index < -0.39 is 7.60 Å². The summed E-state index contributed by atoms with van der Waals surface area (Å²) >= 11 is 0. The Kier molecular flexibility index (Phi) is 5.16. The van der Waals surface area contributed by atoms with E-state index in [0.29, 0.717) is 0 Å². The zero-order valence-corrected chi connectivity index (χ0v) is 10.7. The molecule has 66 valence electrons. The van der Waals surface area contributed by atoms with Crippen molar-refractivity contribution < 1.29 is 14.4 Å². The number of benzene rings is 1. The predicted molar refractivity (Wildman–Crippen MR) is 48.9 cm³/mol. The second-order valence-electron chi connectivity index (χ2n) is 2.77. The first-order valence-electron chi connectivity index (χ1n) is 3.51. The summed E-state index contributed by atoms with van der Waals surface area (Å²) in [6.07, 6.45) is 0. The summed E-state index contributed by atoms with van der Waals surface area (Å²) in [7, 11) is -4.56. The average molecular weight is 224 g/mol. The number of hydrogen-bond acceptors (Lipinski definition) is 3. The van der Waals surface area contributed by atoms with Crippen molar-refractivity contribution in [3.05, 3.63) is 29.3 Å². The van der Waals surface area contributed by atoms with Gasteiger partial charge in [0.15, 0.2) is 0 Å². The Balaban J connectivity index is 0.00000144. The molecule has 0 aliphatic carbocycles. The standard InChI is InChI=1S/C8H11O3P.Ca/c1-6-3-4-8(5-7(6)2)12(9,10)11;/h3-5H,1-2H3,(H2,9,10,11);/q;+2/p-2. The Hall–Kier alpha value is 0.630. The second-order valence-corrected chi connectivity index (χ2v) is 4.28. The number of hydrogen-bond donors (Lipinski definition) is 0. The maximum absolute atomic E-state index is 10.6. The molecule has 0 fully saturated rings. The molecule has 1 rings (SSSR count). The van der Waals surface area contributed by atoms with Crippen molar-refractivity contribution >= 4 is 50.6 Å². The molecule has 0 bridgehead atoms. The molecule has 3 nitrogen and oxygen atoms in total. The van der Waals surface area contributed by atoms with E-state index in [-0.39, 0.29) is 43.0 Å². The molecular formula is C8H9CaO3P. The van der Waals surface area contributed by atoms with Gasteiger partial charge in [-0.3, -0.25) is 0 Å². The van der Waals surface area contributed by atoms with E-state index in [1.54, 1.807) is 13.0 Å². The van der Waals surface area contributed by atoms with E-state index in [4.69, 9.17) is 0 Å². The van der Waals surface area contributed by atoms with E-state index >= 15 is 0 Å². The molecule has 0 atom stereocenters. The van der Waals surface area contributed by atoms with Crippen molar-refractivity contribution in [2.75, 3.05) is 0 Å². The van der Waals surface area contributed by atoms with Gasteiger partial charge in [-0.05, 0) is 37.9 Å². The molecule has 1 aromatic carbocycles. The Labute approximate surface area is 107 Å². The molecule has 0 N–H and O–H groups in total. The smallest absolute Gasteiger partial charge is 0.807 e. The van der Waals surface area contributed by atoms with Gasteiger partial charge in [-0.2, -0.15) is 0 Å². The molecule has 0 aliphatic rings. The van der Waals surface area contributed by atoms with Crippen LogP contribution in [0.3, 0.4) is 0 Å². The molecule has 13 heavy (non-hydrogen) atoms. The second kappa shape index (κ2) is 4.92. The summed E-state index contributed by atoms with van der Waals surface area (Å²) in [6.45, 7) is 3.63. The van der Waals surface area contributed by atoms with Crippen LogP contribution in [0.4, 0.5) is 0 Å². The molecule has 0 aliphatic heterocycles. The minimum absolute atomic E-state index is 0. The first kappa shape index (κ1) is 13.6. The van der Waals surface area contributed by atoms with Crippen LogP contribution in [0.5, 0.6) is 0 Å². The van der Waals surface area contributed by atoms with Crippen LogP contribution in [-0.2, 0) is 4.57 Å². The monoisotopic (exact) mass is 224 g/mol. The van der Waals surface area contributed by atoms with Crippen LogP contribution in [0.25, 0.3) is 0 Å². The fourth-order valence-corrected chi connectivity index (χ4v) is 1.50. The minimum Gasteiger partial charge on any atom is -0.807 e. The van der Waals surface area contributed by atoms with Crippen molar-refractivity contribution in [1.29, 1.82) is 0 Å². The normalized spacial score (nSPS) is 10.8. The topological polar surface area (TPSA) is 63.2 Å². The largest absolute Gasteiger partial charge is 2.00 e. The molecule has 0 amide bonds. The Morgan fingerprint density at radius 2 is 1.69 bits per heavy atom. The summed E-state index contributed by atoms with van der Waals surface area (Å²) in [4.78, 5) is 21.1. The van der Waals surface area contributed by atoms with E-state index in [1.165, 1.54) is 12.1 Å². The van der Waals surface area contributed by atoms with Gasteiger partial charge in [-0.15, -0.1) is 0 Å². The van der Waals surface area contributed by atoms with Gasteiger partial charge in [-0.25, -0.2) is 0 Å². The molecule has 0 spiro atoms. The molecule has 0 unspecified atom stereocenters. The third kappa shape index (κ3) is 3.70. The Morgan fingerprint density at radius 1 is 1.15 bits per heavy atom. The van der Waals surface area contributed by atoms with Crippen molar-refractivity contribution in [1.82, 2.24) is 0 Å². The van der Waals surface area contributed by atoms with E-state index in [1.807, 2.05) is 6.92 Å². The zero-order valence-electron chi connectivity index (χ0n) is 7.61. The maximum atomic E-state index is 10.6. The average Bonchev–Trinajstić information content (AvgIpc) is 1.92. The van der Waals surface area contributed by atoms with Gasteiger partial charge in [0, 0.05) is 0 Å². The molecule has 5 heteroatoms. The fourth-order valence-electron chi connectivity index (χ4n) is 0.896. The summed E-state index contributed by atoms with van der Waals surface area (Å²) in [5, 5.41) is -0.134. The van der Waals surface area contributed by atoms with Gasteiger partial charge in [0.05, 0.1) is 0 Å². The third-order valence-corrected chi connectivity index (χ3v) is 2.72. The molecular weight excluding hydrogens is 215 g/mol. The zero-order chi connectivity index (χ0) is 9.35. The first-order chi connectivity index (χ1) is 5.41. The van der Waals surface area contributed by atoms with E-state index in [9.17, 15) is 14.4 Å². The van der Waals surface area contributed by atoms with Gasteiger partial charge in [0.2, 0.25) is 0 Å². The van der Waals surface area contributed by atoms with Crippen LogP contribution in [0, 0.1) is 13.8 Å². The Bertz CT molecular complexity index is 345. The summed E-state index contributed by atoms with van der Waals surface area (Å²) in [6, 6.07) is 4.37. The molecule has 0 aromatic heterocycles. The van der Waals surface area contributed by atoms with Crippen LogP contribution < -0.4 is 15.1 Å². The Morgan fingerprint density at radius 3 is 2.08 bits per heavy atom. The molecule has 0 saturated carbocycles. The van der Waals surface area contributed by atoms with Gasteiger partial charge in [-0.1, -0.05) is 18.2 Å². The molecule has 0 radical (unpaired) electrons. The van der Waals surface area contributed by atoms with Crippen molar-refractivity contribution in [3.8, 4) is 0 Å². The van der Waals surface area contributed by atoms with Crippen LogP contribution in [0.1, 0.15) is 11.1 Å².